The van der Waals surface area contributed by atoms with Crippen LogP contribution in [-0.4, -0.2) is 74.7 Å². The van der Waals surface area contributed by atoms with E-state index in [1.165, 1.54) is 63.8 Å². The highest BCUT2D eigenvalue weighted by Gasteiger charge is 2.39. The van der Waals surface area contributed by atoms with Gasteiger partial charge in [-0.25, -0.2) is 0 Å². The Labute approximate surface area is 198 Å². The molecule has 29 heavy (non-hydrogen) atoms. The third-order valence-electron chi connectivity index (χ3n) is 6.35. The van der Waals surface area contributed by atoms with Crippen molar-refractivity contribution in [1.29, 1.82) is 0 Å². The molecule has 2 saturated heterocycles. The van der Waals surface area contributed by atoms with Gasteiger partial charge in [0.2, 0.25) is 0 Å². The molecule has 2 fully saturated rings. The minimum absolute atomic E-state index is 0. The van der Waals surface area contributed by atoms with Crippen molar-refractivity contribution in [3.05, 3.63) is 34.9 Å². The average Bonchev–Trinajstić information content (AvgIpc) is 2.73. The van der Waals surface area contributed by atoms with E-state index in [0.29, 0.717) is 0 Å². The van der Waals surface area contributed by atoms with Crippen molar-refractivity contribution >= 4 is 41.5 Å². The number of piperidine rings is 2. The van der Waals surface area contributed by atoms with Crippen LogP contribution in [0.15, 0.2) is 29.3 Å². The molecular formula is C22H37ClIN5. The van der Waals surface area contributed by atoms with E-state index in [-0.39, 0.29) is 29.5 Å². The number of halogens is 2. The first-order valence-electron chi connectivity index (χ1n) is 10.7. The Morgan fingerprint density at radius 3 is 2.48 bits per heavy atom. The van der Waals surface area contributed by atoms with Gasteiger partial charge in [-0.15, -0.1) is 24.0 Å². The highest BCUT2D eigenvalue weighted by molar-refractivity contribution is 14.0. The van der Waals surface area contributed by atoms with Crippen LogP contribution in [0.3, 0.4) is 0 Å². The van der Waals surface area contributed by atoms with E-state index in [2.05, 4.69) is 38.5 Å². The van der Waals surface area contributed by atoms with Crippen LogP contribution in [0.2, 0.25) is 5.02 Å². The van der Waals surface area contributed by atoms with Gasteiger partial charge in [0, 0.05) is 30.7 Å². The van der Waals surface area contributed by atoms with Crippen molar-refractivity contribution < 1.29 is 0 Å². The zero-order valence-corrected chi connectivity index (χ0v) is 21.0. The van der Waals surface area contributed by atoms with Crippen molar-refractivity contribution in [3.8, 4) is 0 Å². The van der Waals surface area contributed by atoms with E-state index in [0.717, 1.165) is 30.5 Å². The molecule has 7 heteroatoms. The van der Waals surface area contributed by atoms with Crippen molar-refractivity contribution in [2.24, 2.45) is 4.99 Å². The lowest BCUT2D eigenvalue weighted by atomic mass is 9.84. The first-order valence-corrected chi connectivity index (χ1v) is 11.1. The summed E-state index contributed by atoms with van der Waals surface area (Å²) in [6.07, 6.45) is 7.45. The predicted molar refractivity (Wildman–Crippen MR) is 135 cm³/mol. The normalized spacial score (nSPS) is 20.7. The molecule has 0 bridgehead atoms. The summed E-state index contributed by atoms with van der Waals surface area (Å²) in [6, 6.07) is 8.07. The molecule has 2 N–H and O–H groups in total. The number of hydrogen-bond acceptors (Lipinski definition) is 3. The van der Waals surface area contributed by atoms with Gasteiger partial charge in [0.25, 0.3) is 0 Å². The van der Waals surface area contributed by atoms with E-state index in [9.17, 15) is 0 Å². The van der Waals surface area contributed by atoms with Crippen LogP contribution in [0.1, 0.15) is 37.7 Å². The van der Waals surface area contributed by atoms with Crippen molar-refractivity contribution in [3.63, 3.8) is 0 Å². The number of aliphatic imine (C=N–C) groups is 1. The van der Waals surface area contributed by atoms with Crippen LogP contribution in [0.25, 0.3) is 0 Å². The summed E-state index contributed by atoms with van der Waals surface area (Å²) in [5, 5.41) is 7.91. The lowest BCUT2D eigenvalue weighted by Crippen LogP contribution is -2.62. The molecule has 0 aromatic heterocycles. The molecule has 0 amide bonds. The van der Waals surface area contributed by atoms with Crippen molar-refractivity contribution in [2.45, 2.75) is 44.1 Å². The first-order chi connectivity index (χ1) is 13.6. The van der Waals surface area contributed by atoms with Crippen LogP contribution in [0.4, 0.5) is 0 Å². The molecule has 0 unspecified atom stereocenters. The van der Waals surface area contributed by atoms with Crippen molar-refractivity contribution in [2.75, 3.05) is 53.4 Å². The number of guanidine groups is 1. The van der Waals surface area contributed by atoms with Gasteiger partial charge in [0.1, 0.15) is 0 Å². The molecule has 0 radical (unpaired) electrons. The SMILES string of the molecule is CN=C(NCCc1cccc(Cl)c1)NCC1(N2CCCCC2)CCN(C)CC1.I. The third kappa shape index (κ3) is 7.26. The fourth-order valence-electron chi connectivity index (χ4n) is 4.49. The summed E-state index contributed by atoms with van der Waals surface area (Å²) >= 11 is 6.08. The van der Waals surface area contributed by atoms with Gasteiger partial charge in [-0.05, 0) is 83.0 Å². The maximum absolute atomic E-state index is 6.08. The molecule has 5 nitrogen and oxygen atoms in total. The molecular weight excluding hydrogens is 497 g/mol. The van der Waals surface area contributed by atoms with Crippen molar-refractivity contribution in [1.82, 2.24) is 20.4 Å². The highest BCUT2D eigenvalue weighted by Crippen LogP contribution is 2.30. The van der Waals surface area contributed by atoms with E-state index in [1.54, 1.807) is 0 Å². The van der Waals surface area contributed by atoms with Gasteiger partial charge in [0.05, 0.1) is 0 Å². The highest BCUT2D eigenvalue weighted by atomic mass is 127. The molecule has 0 aliphatic carbocycles. The lowest BCUT2D eigenvalue weighted by molar-refractivity contribution is 0.0173. The van der Waals surface area contributed by atoms with Crippen LogP contribution in [-0.2, 0) is 6.42 Å². The fourth-order valence-corrected chi connectivity index (χ4v) is 4.71. The summed E-state index contributed by atoms with van der Waals surface area (Å²) in [4.78, 5) is 9.67. The van der Waals surface area contributed by atoms with Crippen LogP contribution in [0.5, 0.6) is 0 Å². The zero-order valence-electron chi connectivity index (χ0n) is 17.9. The molecule has 1 aromatic carbocycles. The Hall–Kier alpha value is -0.570. The first kappa shape index (κ1) is 24.7. The standard InChI is InChI=1S/C22H36ClN5.HI/c1-24-21(25-12-9-19-7-6-8-20(23)17-19)26-18-22(10-15-27(2)16-11-22)28-13-4-3-5-14-28;/h6-8,17H,3-5,9-16,18H2,1-2H3,(H2,24,25,26);1H. The lowest BCUT2D eigenvalue weighted by Gasteiger charge is -2.50. The van der Waals surface area contributed by atoms with Gasteiger partial charge >= 0.3 is 0 Å². The third-order valence-corrected chi connectivity index (χ3v) is 6.58. The number of rotatable bonds is 6. The number of benzene rings is 1. The van der Waals surface area contributed by atoms with Gasteiger partial charge in [0.15, 0.2) is 5.96 Å². The number of hydrogen-bond donors (Lipinski definition) is 2. The molecule has 2 aliphatic rings. The van der Waals surface area contributed by atoms with Gasteiger partial charge < -0.3 is 15.5 Å². The molecule has 1 aromatic rings. The Kier molecular flexibility index (Phi) is 10.5. The van der Waals surface area contributed by atoms with E-state index in [4.69, 9.17) is 11.6 Å². The van der Waals surface area contributed by atoms with Gasteiger partial charge in [-0.1, -0.05) is 30.2 Å². The number of nitrogens with zero attached hydrogens (tertiary/aromatic N) is 3. The van der Waals surface area contributed by atoms with Crippen LogP contribution in [0, 0.1) is 0 Å². The fraction of sp³-hybridized carbons (Fsp3) is 0.682. The molecule has 0 atom stereocenters. The molecule has 164 valence electrons. The predicted octanol–water partition coefficient (Wildman–Crippen LogP) is 3.62. The molecule has 0 saturated carbocycles. The minimum atomic E-state index is 0. The van der Waals surface area contributed by atoms with E-state index in [1.807, 2.05) is 25.2 Å². The van der Waals surface area contributed by atoms with Gasteiger partial charge in [-0.2, -0.15) is 0 Å². The second kappa shape index (κ2) is 12.3. The number of likely N-dealkylation sites (tertiary alicyclic amines) is 2. The Morgan fingerprint density at radius 2 is 1.83 bits per heavy atom. The van der Waals surface area contributed by atoms with E-state index < -0.39 is 0 Å². The van der Waals surface area contributed by atoms with Gasteiger partial charge in [-0.3, -0.25) is 9.89 Å². The topological polar surface area (TPSA) is 42.9 Å². The smallest absolute Gasteiger partial charge is 0.191 e. The second-order valence-corrected chi connectivity index (χ2v) is 8.74. The van der Waals surface area contributed by atoms with Crippen LogP contribution < -0.4 is 10.6 Å². The Bertz CT molecular complexity index is 640. The maximum atomic E-state index is 6.08. The average molecular weight is 534 g/mol. The second-order valence-electron chi connectivity index (χ2n) is 8.31. The molecule has 2 heterocycles. The molecule has 0 spiro atoms. The summed E-state index contributed by atoms with van der Waals surface area (Å²) in [6.45, 7) is 6.66. The molecule has 3 rings (SSSR count). The zero-order chi connectivity index (χ0) is 19.8. The summed E-state index contributed by atoms with van der Waals surface area (Å²) in [5.41, 5.74) is 1.51. The van der Waals surface area contributed by atoms with E-state index >= 15 is 0 Å². The minimum Gasteiger partial charge on any atom is -0.356 e. The molecule has 2 aliphatic heterocycles. The monoisotopic (exact) mass is 533 g/mol. The Balaban J connectivity index is 0.00000300. The number of nitrogens with one attached hydrogen (secondary N) is 2. The summed E-state index contributed by atoms with van der Waals surface area (Å²) in [7, 11) is 4.10. The quantitative estimate of drug-likeness (QED) is 0.333. The maximum Gasteiger partial charge on any atom is 0.191 e. The van der Waals surface area contributed by atoms with Crippen LogP contribution >= 0.6 is 35.6 Å². The Morgan fingerprint density at radius 1 is 1.10 bits per heavy atom. The largest absolute Gasteiger partial charge is 0.356 e. The summed E-state index contributed by atoms with van der Waals surface area (Å²) in [5.74, 6) is 0.900. The summed E-state index contributed by atoms with van der Waals surface area (Å²) < 4.78 is 0.